The van der Waals surface area contributed by atoms with Gasteiger partial charge in [-0.25, -0.2) is 4.79 Å². The zero-order chi connectivity index (χ0) is 32.4. The number of hydrogen-bond acceptors (Lipinski definition) is 7. The Bertz CT molecular complexity index is 1550. The second-order valence-electron chi connectivity index (χ2n) is 12.1. The van der Waals surface area contributed by atoms with Crippen LogP contribution in [0.15, 0.2) is 103 Å². The molecular formula is C38H43N3O6. The van der Waals surface area contributed by atoms with Crippen LogP contribution in [0.4, 0.5) is 10.5 Å². The van der Waals surface area contributed by atoms with E-state index in [9.17, 15) is 9.90 Å². The molecule has 2 fully saturated rings. The van der Waals surface area contributed by atoms with E-state index in [2.05, 4.69) is 15.5 Å². The summed E-state index contributed by atoms with van der Waals surface area (Å²) in [5.41, 5.74) is 4.49. The lowest BCUT2D eigenvalue weighted by Crippen LogP contribution is -2.42. The summed E-state index contributed by atoms with van der Waals surface area (Å²) in [7, 11) is 1.76. The van der Waals surface area contributed by atoms with Gasteiger partial charge >= 0.3 is 6.03 Å². The number of likely N-dealkylation sites (tertiary alicyclic amines) is 1. The lowest BCUT2D eigenvalue weighted by molar-refractivity contribution is -0.253. The van der Waals surface area contributed by atoms with Gasteiger partial charge in [0.15, 0.2) is 6.29 Å². The lowest BCUT2D eigenvalue weighted by atomic mass is 9.99. The fourth-order valence-corrected chi connectivity index (χ4v) is 6.19. The minimum Gasteiger partial charge on any atom is -0.457 e. The lowest BCUT2D eigenvalue weighted by Gasteiger charge is -2.38. The first-order chi connectivity index (χ1) is 23.1. The number of carbonyl (C=O) groups excluding carboxylic acids is 1. The van der Waals surface area contributed by atoms with Gasteiger partial charge in [0, 0.05) is 43.9 Å². The maximum atomic E-state index is 12.6. The zero-order valence-corrected chi connectivity index (χ0v) is 26.7. The van der Waals surface area contributed by atoms with Gasteiger partial charge in [-0.3, -0.25) is 4.90 Å². The van der Waals surface area contributed by atoms with Gasteiger partial charge < -0.3 is 34.7 Å². The molecule has 4 aromatic carbocycles. The van der Waals surface area contributed by atoms with Crippen molar-refractivity contribution in [3.63, 3.8) is 0 Å². The number of benzene rings is 4. The van der Waals surface area contributed by atoms with Gasteiger partial charge in [-0.1, -0.05) is 66.7 Å². The summed E-state index contributed by atoms with van der Waals surface area (Å²) in [4.78, 5) is 15.1. The molecule has 9 heteroatoms. The van der Waals surface area contributed by atoms with Crippen LogP contribution in [0.2, 0.25) is 0 Å². The van der Waals surface area contributed by atoms with E-state index < -0.39 is 6.29 Å². The number of methoxy groups -OCH3 is 1. The third kappa shape index (κ3) is 8.97. The minimum atomic E-state index is -0.529. The normalized spacial score (nSPS) is 21.3. The number of ether oxygens (including phenoxy) is 4. The molecule has 4 aromatic rings. The molecule has 2 saturated heterocycles. The number of para-hydroxylation sites is 1. The van der Waals surface area contributed by atoms with Crippen molar-refractivity contribution in [3.05, 3.63) is 125 Å². The van der Waals surface area contributed by atoms with Crippen molar-refractivity contribution in [1.82, 2.24) is 10.2 Å². The van der Waals surface area contributed by atoms with Crippen molar-refractivity contribution in [3.8, 4) is 11.5 Å². The molecule has 2 heterocycles. The number of anilines is 1. The van der Waals surface area contributed by atoms with Gasteiger partial charge in [-0.05, 0) is 72.5 Å². The quantitative estimate of drug-likeness (QED) is 0.155. The summed E-state index contributed by atoms with van der Waals surface area (Å²) in [6, 6.07) is 32.9. The Hall–Kier alpha value is -4.25. The molecular weight excluding hydrogens is 594 g/mol. The van der Waals surface area contributed by atoms with Crippen LogP contribution in [0.25, 0.3) is 0 Å². The van der Waals surface area contributed by atoms with Crippen LogP contribution >= 0.6 is 0 Å². The SMILES string of the molecule is COCC1CCCN1CC1CC(c2ccc(CO)cc2)OC(c2ccc(CNC(=O)Nc3ccc(Oc4ccccc4)cc3)cc2)O1. The second-order valence-corrected chi connectivity index (χ2v) is 12.1. The summed E-state index contributed by atoms with van der Waals surface area (Å²) < 4.78 is 24.4. The zero-order valence-electron chi connectivity index (χ0n) is 26.7. The first-order valence-corrected chi connectivity index (χ1v) is 16.3. The Morgan fingerprint density at radius 1 is 0.872 bits per heavy atom. The van der Waals surface area contributed by atoms with E-state index in [0.717, 1.165) is 67.0 Å². The largest absolute Gasteiger partial charge is 0.457 e. The van der Waals surface area contributed by atoms with E-state index in [-0.39, 0.29) is 24.8 Å². The highest BCUT2D eigenvalue weighted by Gasteiger charge is 2.35. The Balaban J connectivity index is 1.05. The van der Waals surface area contributed by atoms with E-state index in [1.165, 1.54) is 0 Å². The molecule has 0 aliphatic carbocycles. The summed E-state index contributed by atoms with van der Waals surface area (Å²) in [5.74, 6) is 1.45. The smallest absolute Gasteiger partial charge is 0.319 e. The van der Waals surface area contributed by atoms with Crippen molar-refractivity contribution in [1.29, 1.82) is 0 Å². The van der Waals surface area contributed by atoms with E-state index in [4.69, 9.17) is 18.9 Å². The number of rotatable bonds is 12. The molecule has 0 bridgehead atoms. The molecule has 4 atom stereocenters. The molecule has 9 nitrogen and oxygen atoms in total. The van der Waals surface area contributed by atoms with Gasteiger partial charge in [0.2, 0.25) is 0 Å². The predicted octanol–water partition coefficient (Wildman–Crippen LogP) is 6.95. The van der Waals surface area contributed by atoms with Crippen molar-refractivity contribution in [2.45, 2.75) is 57.0 Å². The van der Waals surface area contributed by atoms with Crippen LogP contribution in [0.1, 0.15) is 53.9 Å². The Morgan fingerprint density at radius 3 is 2.30 bits per heavy atom. The highest BCUT2D eigenvalue weighted by molar-refractivity contribution is 5.89. The third-order valence-electron chi connectivity index (χ3n) is 8.71. The molecule has 4 unspecified atom stereocenters. The van der Waals surface area contributed by atoms with Crippen molar-refractivity contribution < 1.29 is 28.8 Å². The minimum absolute atomic E-state index is 0.0105. The first kappa shape index (κ1) is 32.7. The average molecular weight is 638 g/mol. The molecule has 0 saturated carbocycles. The van der Waals surface area contributed by atoms with Crippen molar-refractivity contribution >= 4 is 11.7 Å². The van der Waals surface area contributed by atoms with E-state index in [0.29, 0.717) is 24.0 Å². The van der Waals surface area contributed by atoms with Crippen LogP contribution in [-0.2, 0) is 27.4 Å². The van der Waals surface area contributed by atoms with Crippen LogP contribution < -0.4 is 15.4 Å². The number of aliphatic hydroxyl groups excluding tert-OH is 1. The first-order valence-electron chi connectivity index (χ1n) is 16.3. The van der Waals surface area contributed by atoms with Gasteiger partial charge in [0.1, 0.15) is 11.5 Å². The number of carbonyl (C=O) groups is 1. The van der Waals surface area contributed by atoms with E-state index in [1.54, 1.807) is 19.2 Å². The highest BCUT2D eigenvalue weighted by Crippen LogP contribution is 2.39. The molecule has 0 aromatic heterocycles. The number of aliphatic hydroxyl groups is 1. The molecule has 0 spiro atoms. The number of urea groups is 1. The van der Waals surface area contributed by atoms with Gasteiger partial charge in [0.25, 0.3) is 0 Å². The number of nitrogens with zero attached hydrogens (tertiary/aromatic N) is 1. The standard InChI is InChI=1S/C38H43N3O6/c1-44-26-32-6-5-21-41(32)24-35-22-36(29-13-11-28(25-42)12-14-29)47-37(46-35)30-15-9-27(10-16-30)23-39-38(43)40-31-17-19-34(20-18-31)45-33-7-3-2-4-8-33/h2-4,7-20,32,35-37,42H,5-6,21-26H2,1H3,(H2,39,40,43). The maximum Gasteiger partial charge on any atom is 0.319 e. The second kappa shape index (κ2) is 16.0. The van der Waals surface area contributed by atoms with Gasteiger partial charge in [-0.2, -0.15) is 0 Å². The van der Waals surface area contributed by atoms with Crippen molar-refractivity contribution in [2.75, 3.05) is 32.1 Å². The van der Waals surface area contributed by atoms with Crippen LogP contribution in [0, 0.1) is 0 Å². The molecule has 47 heavy (non-hydrogen) atoms. The molecule has 0 radical (unpaired) electrons. The third-order valence-corrected chi connectivity index (χ3v) is 8.71. The fraction of sp³-hybridized carbons (Fsp3) is 0.342. The van der Waals surface area contributed by atoms with E-state index >= 15 is 0 Å². The number of amides is 2. The van der Waals surface area contributed by atoms with E-state index in [1.807, 2.05) is 91.0 Å². The predicted molar refractivity (Wildman–Crippen MR) is 180 cm³/mol. The summed E-state index contributed by atoms with van der Waals surface area (Å²) in [6.07, 6.45) is 2.35. The highest BCUT2D eigenvalue weighted by atomic mass is 16.7. The number of nitrogens with one attached hydrogen (secondary N) is 2. The Labute approximate surface area is 276 Å². The summed E-state index contributed by atoms with van der Waals surface area (Å²) in [6.45, 7) is 2.96. The van der Waals surface area contributed by atoms with Crippen LogP contribution in [0.5, 0.6) is 11.5 Å². The number of hydrogen-bond donors (Lipinski definition) is 3. The topological polar surface area (TPSA) is 102 Å². The monoisotopic (exact) mass is 637 g/mol. The van der Waals surface area contributed by atoms with Crippen LogP contribution in [-0.4, -0.2) is 55.0 Å². The van der Waals surface area contributed by atoms with Gasteiger partial charge in [0.05, 0.1) is 25.4 Å². The molecule has 3 N–H and O–H groups in total. The van der Waals surface area contributed by atoms with Crippen molar-refractivity contribution in [2.24, 2.45) is 0 Å². The molecule has 2 amide bonds. The fourth-order valence-electron chi connectivity index (χ4n) is 6.19. The Kier molecular flexibility index (Phi) is 11.2. The van der Waals surface area contributed by atoms with Crippen LogP contribution in [0.3, 0.4) is 0 Å². The molecule has 246 valence electrons. The summed E-state index contributed by atoms with van der Waals surface area (Å²) in [5, 5.41) is 15.3. The van der Waals surface area contributed by atoms with Gasteiger partial charge in [-0.15, -0.1) is 0 Å². The molecule has 2 aliphatic rings. The summed E-state index contributed by atoms with van der Waals surface area (Å²) >= 11 is 0. The molecule has 2 aliphatic heterocycles. The Morgan fingerprint density at radius 2 is 1.57 bits per heavy atom. The molecule has 6 rings (SSSR count). The maximum absolute atomic E-state index is 12.6. The average Bonchev–Trinajstić information content (AvgIpc) is 3.55.